The van der Waals surface area contributed by atoms with E-state index in [2.05, 4.69) is 29.7 Å². The molecule has 0 radical (unpaired) electrons. The molecule has 58 valence electrons. The summed E-state index contributed by atoms with van der Waals surface area (Å²) in [5.41, 5.74) is 1.20. The Balaban J connectivity index is 0.00000121. The Morgan fingerprint density at radius 2 is 1.92 bits per heavy atom. The molecule has 0 heterocycles. The average molecular weight is 153 g/mol. The average Bonchev–Trinajstić information content (AvgIpc) is 2.07. The van der Waals surface area contributed by atoms with Crippen LogP contribution in [0.1, 0.15) is 0 Å². The first-order valence-electron chi connectivity index (χ1n) is 3.60. The van der Waals surface area contributed by atoms with Crippen LogP contribution in [0.2, 0.25) is 0 Å². The predicted molar refractivity (Wildman–Crippen MR) is 48.6 cm³/mol. The minimum atomic E-state index is 0. The molecule has 1 rings (SSSR count). The Kier molecular flexibility index (Phi) is 5.62. The largest absolute Gasteiger partial charge is 1.00 e. The summed E-state index contributed by atoms with van der Waals surface area (Å²) in [5.74, 6) is 0. The summed E-state index contributed by atoms with van der Waals surface area (Å²) in [6.07, 6.45) is 2.84. The van der Waals surface area contributed by atoms with Gasteiger partial charge in [0, 0.05) is 12.7 Å². The predicted octanol–water partition coefficient (Wildman–Crippen LogP) is -0.884. The van der Waals surface area contributed by atoms with Crippen molar-refractivity contribution in [2.45, 2.75) is 0 Å². The van der Waals surface area contributed by atoms with Crippen molar-refractivity contribution < 1.29 is 18.9 Å². The molecule has 0 spiro atoms. The quantitative estimate of drug-likeness (QED) is 0.402. The van der Waals surface area contributed by atoms with Gasteiger partial charge in [0.2, 0.25) is 0 Å². The van der Waals surface area contributed by atoms with Gasteiger partial charge in [0.05, 0.1) is 0 Å². The summed E-state index contributed by atoms with van der Waals surface area (Å²) < 4.78 is 0. The van der Waals surface area contributed by atoms with Gasteiger partial charge in [-0.1, -0.05) is 18.2 Å². The molecule has 0 amide bonds. The third-order valence-electron chi connectivity index (χ3n) is 1.55. The minimum absolute atomic E-state index is 0. The van der Waals surface area contributed by atoms with Crippen molar-refractivity contribution in [3.8, 4) is 0 Å². The van der Waals surface area contributed by atoms with Crippen LogP contribution in [0, 0.1) is 6.08 Å². The van der Waals surface area contributed by atoms with Crippen molar-refractivity contribution in [1.82, 2.24) is 0 Å². The van der Waals surface area contributed by atoms with E-state index in [0.717, 1.165) is 6.54 Å². The van der Waals surface area contributed by atoms with Crippen LogP contribution in [0.15, 0.2) is 36.9 Å². The molecular weight excluding hydrogens is 141 g/mol. The minimum Gasteiger partial charge on any atom is -0.484 e. The van der Waals surface area contributed by atoms with Crippen LogP contribution in [-0.2, 0) is 0 Å². The van der Waals surface area contributed by atoms with E-state index in [0.29, 0.717) is 0 Å². The first-order chi connectivity index (χ1) is 5.34. The van der Waals surface area contributed by atoms with E-state index < -0.39 is 0 Å². The SMILES string of the molecule is C=[C-]CN(C)c1ccccc1.[Li+]. The summed E-state index contributed by atoms with van der Waals surface area (Å²) >= 11 is 0. The van der Waals surface area contributed by atoms with Gasteiger partial charge in [0.15, 0.2) is 0 Å². The van der Waals surface area contributed by atoms with E-state index >= 15 is 0 Å². The van der Waals surface area contributed by atoms with Gasteiger partial charge < -0.3 is 11.0 Å². The van der Waals surface area contributed by atoms with Crippen LogP contribution < -0.4 is 23.8 Å². The Labute approximate surface area is 86.3 Å². The number of likely N-dealkylation sites (N-methyl/N-ethyl adjacent to an activating group) is 1. The van der Waals surface area contributed by atoms with Crippen LogP contribution in [0.5, 0.6) is 0 Å². The van der Waals surface area contributed by atoms with E-state index in [4.69, 9.17) is 0 Å². The summed E-state index contributed by atoms with van der Waals surface area (Å²) in [4.78, 5) is 2.09. The topological polar surface area (TPSA) is 3.24 Å². The van der Waals surface area contributed by atoms with Crippen molar-refractivity contribution in [3.05, 3.63) is 43.0 Å². The number of hydrogen-bond donors (Lipinski definition) is 0. The van der Waals surface area contributed by atoms with Gasteiger partial charge in [-0.2, -0.15) is 0 Å². The van der Waals surface area contributed by atoms with E-state index in [-0.39, 0.29) is 18.9 Å². The standard InChI is InChI=1S/C10H12N.Li/c1-3-9-11(2)10-7-5-4-6-8-10;/h4-8H,1,9H2,2H3;/q-1;+1. The molecule has 2 heteroatoms. The maximum absolute atomic E-state index is 3.56. The molecule has 0 fully saturated rings. The zero-order chi connectivity index (χ0) is 8.10. The molecule has 0 aliphatic rings. The second-order valence-electron chi connectivity index (χ2n) is 2.44. The third kappa shape index (κ3) is 3.17. The molecule has 12 heavy (non-hydrogen) atoms. The number of benzene rings is 1. The number of nitrogens with zero attached hydrogens (tertiary/aromatic N) is 1. The number of para-hydroxylation sites is 1. The van der Waals surface area contributed by atoms with Crippen molar-refractivity contribution in [2.75, 3.05) is 18.5 Å². The van der Waals surface area contributed by atoms with Gasteiger partial charge in [-0.05, 0) is 12.1 Å². The molecular formula is C10H12LiN. The van der Waals surface area contributed by atoms with Crippen molar-refractivity contribution in [3.63, 3.8) is 0 Å². The molecule has 1 nitrogen and oxygen atoms in total. The van der Waals surface area contributed by atoms with Crippen LogP contribution in [0.3, 0.4) is 0 Å². The Morgan fingerprint density at radius 1 is 1.33 bits per heavy atom. The van der Waals surface area contributed by atoms with E-state index in [9.17, 15) is 0 Å². The van der Waals surface area contributed by atoms with Gasteiger partial charge in [0.25, 0.3) is 0 Å². The van der Waals surface area contributed by atoms with E-state index in [1.807, 2.05) is 25.2 Å². The summed E-state index contributed by atoms with van der Waals surface area (Å²) in [6.45, 7) is 4.33. The molecule has 0 aliphatic heterocycles. The molecule has 0 bridgehead atoms. The normalized spacial score (nSPS) is 8.42. The molecule has 0 unspecified atom stereocenters. The van der Waals surface area contributed by atoms with Crippen molar-refractivity contribution in [2.24, 2.45) is 0 Å². The second-order valence-corrected chi connectivity index (χ2v) is 2.44. The van der Waals surface area contributed by atoms with Gasteiger partial charge in [0.1, 0.15) is 0 Å². The summed E-state index contributed by atoms with van der Waals surface area (Å²) in [5, 5.41) is 0. The first-order valence-corrected chi connectivity index (χ1v) is 3.60. The van der Waals surface area contributed by atoms with Gasteiger partial charge >= 0.3 is 18.9 Å². The fourth-order valence-corrected chi connectivity index (χ4v) is 0.941. The Bertz CT molecular complexity index is 221. The van der Waals surface area contributed by atoms with E-state index in [1.165, 1.54) is 5.69 Å². The van der Waals surface area contributed by atoms with Crippen LogP contribution in [-0.4, -0.2) is 13.6 Å². The van der Waals surface area contributed by atoms with Gasteiger partial charge in [-0.15, -0.1) is 6.54 Å². The van der Waals surface area contributed by atoms with Gasteiger partial charge in [-0.3, -0.25) is 6.58 Å². The zero-order valence-electron chi connectivity index (χ0n) is 7.75. The monoisotopic (exact) mass is 153 g/mol. The van der Waals surface area contributed by atoms with Crippen LogP contribution >= 0.6 is 0 Å². The molecule has 0 atom stereocenters. The smallest absolute Gasteiger partial charge is 0.484 e. The Hall–Kier alpha value is -0.643. The van der Waals surface area contributed by atoms with Crippen LogP contribution in [0.25, 0.3) is 0 Å². The third-order valence-corrected chi connectivity index (χ3v) is 1.55. The molecule has 0 aromatic heterocycles. The molecule has 1 aromatic carbocycles. The molecule has 1 aromatic rings. The molecule has 0 saturated carbocycles. The second kappa shape index (κ2) is 5.94. The summed E-state index contributed by atoms with van der Waals surface area (Å²) in [6, 6.07) is 10.2. The maximum Gasteiger partial charge on any atom is 1.00 e. The zero-order valence-corrected chi connectivity index (χ0v) is 7.75. The van der Waals surface area contributed by atoms with Crippen molar-refractivity contribution >= 4 is 5.69 Å². The number of anilines is 1. The fraction of sp³-hybridized carbons (Fsp3) is 0.200. The van der Waals surface area contributed by atoms with E-state index in [1.54, 1.807) is 0 Å². The molecule has 0 saturated heterocycles. The first kappa shape index (κ1) is 11.4. The number of hydrogen-bond acceptors (Lipinski definition) is 1. The Morgan fingerprint density at radius 3 is 2.42 bits per heavy atom. The maximum atomic E-state index is 3.56. The summed E-state index contributed by atoms with van der Waals surface area (Å²) in [7, 11) is 2.02. The number of rotatable bonds is 3. The van der Waals surface area contributed by atoms with Gasteiger partial charge in [-0.25, -0.2) is 0 Å². The molecule has 0 aliphatic carbocycles. The molecule has 0 N–H and O–H groups in total. The fourth-order valence-electron chi connectivity index (χ4n) is 0.941. The van der Waals surface area contributed by atoms with Crippen LogP contribution in [0.4, 0.5) is 5.69 Å². The van der Waals surface area contributed by atoms with Crippen molar-refractivity contribution in [1.29, 1.82) is 0 Å².